The van der Waals surface area contributed by atoms with Gasteiger partial charge in [-0.15, -0.1) is 0 Å². The molecule has 0 saturated carbocycles. The van der Waals surface area contributed by atoms with Gasteiger partial charge in [0.15, 0.2) is 11.7 Å². The lowest BCUT2D eigenvalue weighted by molar-refractivity contribution is -0.134. The van der Waals surface area contributed by atoms with Crippen molar-refractivity contribution < 1.29 is 38.4 Å². The molecule has 9 N–H and O–H groups in total. The van der Waals surface area contributed by atoms with Gasteiger partial charge in [-0.25, -0.2) is 13.8 Å². The molecule has 1 aromatic rings. The summed E-state index contributed by atoms with van der Waals surface area (Å²) in [5.41, 5.74) is 10.7. The number of carbonyl (C=O) groups is 2. The van der Waals surface area contributed by atoms with Crippen LogP contribution in [0, 0.1) is 11.6 Å². The predicted octanol–water partition coefficient (Wildman–Crippen LogP) is -2.28. The first-order chi connectivity index (χ1) is 15.0. The summed E-state index contributed by atoms with van der Waals surface area (Å²) < 4.78 is 32.6. The average Bonchev–Trinajstić information content (AvgIpc) is 2.73. The molecule has 2 rings (SSSR count). The Kier molecular flexibility index (Phi) is 8.46. The van der Waals surface area contributed by atoms with E-state index in [1.54, 1.807) is 0 Å². The molecule has 13 heteroatoms. The summed E-state index contributed by atoms with van der Waals surface area (Å²) in [6, 6.07) is 0.513. The van der Waals surface area contributed by atoms with E-state index in [1.165, 1.54) is 6.92 Å². The summed E-state index contributed by atoms with van der Waals surface area (Å²) in [6.07, 6.45) is -3.73. The highest BCUT2D eigenvalue weighted by Gasteiger charge is 2.43. The Morgan fingerprint density at radius 2 is 1.97 bits per heavy atom. The fraction of sp³-hybridized carbons (Fsp3) is 0.421. The summed E-state index contributed by atoms with van der Waals surface area (Å²) in [6.45, 7) is -0.0550. The van der Waals surface area contributed by atoms with Gasteiger partial charge in [-0.2, -0.15) is 0 Å². The summed E-state index contributed by atoms with van der Waals surface area (Å²) in [5.74, 6) is -3.69. The fourth-order valence-corrected chi connectivity index (χ4v) is 3.08. The Balaban J connectivity index is 2.34. The maximum Gasteiger partial charge on any atom is 0.286 e. The number of carbonyl (C=O) groups excluding carboxylic acids is 2. The van der Waals surface area contributed by atoms with Crippen molar-refractivity contribution in [3.05, 3.63) is 47.2 Å². The Hall–Kier alpha value is -3.29. The standard InChI is InChI=1S/C19H25F2N5O6/c1-8(28)25-15-12(26-19(22)23)5-14(32-17(15)16(30)13(29)7-27)18(31)24-6-9-4-10(20)2-3-11(9)21/h2-5,12-13,15-17,27,29-30H,6-7H2,1H3,(H,24,31)(H,25,28)(H4,22,23,26)/t12-,13+,15+,16+,17+/m0/s1. The van der Waals surface area contributed by atoms with Crippen LogP contribution >= 0.6 is 0 Å². The third-order valence-electron chi connectivity index (χ3n) is 4.56. The zero-order chi connectivity index (χ0) is 24.0. The lowest BCUT2D eigenvalue weighted by Crippen LogP contribution is -2.60. The molecular weight excluding hydrogens is 432 g/mol. The second-order valence-electron chi connectivity index (χ2n) is 7.04. The zero-order valence-electron chi connectivity index (χ0n) is 17.0. The van der Waals surface area contributed by atoms with Gasteiger partial charge in [-0.05, 0) is 24.3 Å². The van der Waals surface area contributed by atoms with E-state index in [-0.39, 0.29) is 5.56 Å². The highest BCUT2D eigenvalue weighted by atomic mass is 19.1. The Morgan fingerprint density at radius 3 is 2.56 bits per heavy atom. The number of nitrogens with two attached hydrogens (primary N) is 2. The van der Waals surface area contributed by atoms with Crippen LogP contribution in [-0.2, 0) is 20.9 Å². The molecule has 1 heterocycles. The van der Waals surface area contributed by atoms with Gasteiger partial charge in [0.05, 0.1) is 18.7 Å². The maximum atomic E-state index is 13.8. The maximum absolute atomic E-state index is 13.8. The van der Waals surface area contributed by atoms with Crippen LogP contribution in [0.2, 0.25) is 0 Å². The Labute approximate surface area is 181 Å². The van der Waals surface area contributed by atoms with Crippen molar-refractivity contribution in [1.82, 2.24) is 10.6 Å². The van der Waals surface area contributed by atoms with Crippen molar-refractivity contribution in [2.45, 2.75) is 43.9 Å². The molecule has 0 aromatic heterocycles. The van der Waals surface area contributed by atoms with E-state index in [0.29, 0.717) is 0 Å². The topological polar surface area (TPSA) is 193 Å². The molecule has 0 aliphatic carbocycles. The molecule has 0 fully saturated rings. The minimum absolute atomic E-state index is 0.126. The molecular formula is C19H25F2N5O6. The van der Waals surface area contributed by atoms with Crippen molar-refractivity contribution in [1.29, 1.82) is 0 Å². The van der Waals surface area contributed by atoms with Gasteiger partial charge in [0, 0.05) is 19.0 Å². The van der Waals surface area contributed by atoms with Crippen LogP contribution < -0.4 is 22.1 Å². The predicted molar refractivity (Wildman–Crippen MR) is 107 cm³/mol. The number of halogens is 2. The largest absolute Gasteiger partial charge is 0.480 e. The molecule has 0 bridgehead atoms. The lowest BCUT2D eigenvalue weighted by Gasteiger charge is -2.39. The highest BCUT2D eigenvalue weighted by molar-refractivity contribution is 5.92. The number of aliphatic imine (C=N–C) groups is 1. The van der Waals surface area contributed by atoms with Crippen molar-refractivity contribution in [3.63, 3.8) is 0 Å². The highest BCUT2D eigenvalue weighted by Crippen LogP contribution is 2.25. The summed E-state index contributed by atoms with van der Waals surface area (Å²) in [5, 5.41) is 34.2. The number of hydrogen-bond acceptors (Lipinski definition) is 7. The van der Waals surface area contributed by atoms with E-state index in [2.05, 4.69) is 15.6 Å². The number of rotatable bonds is 8. The number of hydrogen-bond donors (Lipinski definition) is 7. The first-order valence-corrected chi connectivity index (χ1v) is 9.47. The molecule has 1 aliphatic rings. The van der Waals surface area contributed by atoms with Crippen LogP contribution in [0.4, 0.5) is 8.78 Å². The lowest BCUT2D eigenvalue weighted by atomic mass is 9.92. The van der Waals surface area contributed by atoms with Gasteiger partial charge < -0.3 is 42.2 Å². The monoisotopic (exact) mass is 457 g/mol. The number of nitrogens with zero attached hydrogens (tertiary/aromatic N) is 1. The first kappa shape index (κ1) is 25.0. The molecule has 176 valence electrons. The average molecular weight is 457 g/mol. The van der Waals surface area contributed by atoms with Gasteiger partial charge in [0.1, 0.15) is 29.9 Å². The summed E-state index contributed by atoms with van der Waals surface area (Å²) in [4.78, 5) is 28.2. The zero-order valence-corrected chi connectivity index (χ0v) is 17.0. The van der Waals surface area contributed by atoms with E-state index in [9.17, 15) is 28.6 Å². The number of aliphatic hydroxyl groups is 3. The minimum Gasteiger partial charge on any atom is -0.480 e. The van der Waals surface area contributed by atoms with Gasteiger partial charge >= 0.3 is 0 Å². The van der Waals surface area contributed by atoms with E-state index in [0.717, 1.165) is 24.3 Å². The van der Waals surface area contributed by atoms with Crippen LogP contribution in [0.3, 0.4) is 0 Å². The van der Waals surface area contributed by atoms with E-state index >= 15 is 0 Å². The third-order valence-corrected chi connectivity index (χ3v) is 4.56. The SMILES string of the molecule is CC(=O)N[C@H]1[C@H]([C@H](O)[C@H](O)CO)OC(C(=O)NCc2cc(F)ccc2F)=C[C@@H]1N=C(N)N. The van der Waals surface area contributed by atoms with Crippen LogP contribution in [0.5, 0.6) is 0 Å². The van der Waals surface area contributed by atoms with Gasteiger partial charge in [0.2, 0.25) is 5.91 Å². The molecule has 0 radical (unpaired) electrons. The number of aliphatic hydroxyl groups excluding tert-OH is 3. The number of benzene rings is 1. The van der Waals surface area contributed by atoms with Gasteiger partial charge in [-0.1, -0.05) is 0 Å². The van der Waals surface area contributed by atoms with E-state index in [1.807, 2.05) is 0 Å². The molecule has 5 atom stereocenters. The van der Waals surface area contributed by atoms with Crippen molar-refractivity contribution >= 4 is 17.8 Å². The molecule has 2 amide bonds. The van der Waals surface area contributed by atoms with Crippen molar-refractivity contribution in [3.8, 4) is 0 Å². The number of guanidine groups is 1. The van der Waals surface area contributed by atoms with E-state index < -0.39 is 78.7 Å². The molecule has 11 nitrogen and oxygen atoms in total. The van der Waals surface area contributed by atoms with Crippen LogP contribution in [-0.4, -0.2) is 70.1 Å². The van der Waals surface area contributed by atoms with Gasteiger partial charge in [-0.3, -0.25) is 9.59 Å². The van der Waals surface area contributed by atoms with Crippen molar-refractivity contribution in [2.24, 2.45) is 16.5 Å². The van der Waals surface area contributed by atoms with Crippen molar-refractivity contribution in [2.75, 3.05) is 6.61 Å². The minimum atomic E-state index is -1.76. The molecule has 0 spiro atoms. The normalized spacial score (nSPS) is 22.1. The molecule has 0 saturated heterocycles. The molecule has 1 aromatic carbocycles. The second-order valence-corrected chi connectivity index (χ2v) is 7.04. The molecule has 1 aliphatic heterocycles. The van der Waals surface area contributed by atoms with Crippen LogP contribution in [0.15, 0.2) is 35.0 Å². The molecule has 0 unspecified atom stereocenters. The second kappa shape index (κ2) is 10.8. The Morgan fingerprint density at radius 1 is 1.28 bits per heavy atom. The quantitative estimate of drug-likeness (QED) is 0.168. The number of ether oxygens (including phenoxy) is 1. The fourth-order valence-electron chi connectivity index (χ4n) is 3.08. The molecule has 32 heavy (non-hydrogen) atoms. The number of nitrogens with one attached hydrogen (secondary N) is 2. The van der Waals surface area contributed by atoms with E-state index in [4.69, 9.17) is 21.3 Å². The van der Waals surface area contributed by atoms with Gasteiger partial charge in [0.25, 0.3) is 5.91 Å². The summed E-state index contributed by atoms with van der Waals surface area (Å²) in [7, 11) is 0. The number of amides is 2. The third kappa shape index (κ3) is 6.35. The van der Waals surface area contributed by atoms with Crippen LogP contribution in [0.25, 0.3) is 0 Å². The first-order valence-electron chi connectivity index (χ1n) is 9.47. The summed E-state index contributed by atoms with van der Waals surface area (Å²) >= 11 is 0. The smallest absolute Gasteiger partial charge is 0.286 e. The van der Waals surface area contributed by atoms with Crippen LogP contribution in [0.1, 0.15) is 12.5 Å². The Bertz CT molecular complexity index is 908.